The number of anilines is 1. The summed E-state index contributed by atoms with van der Waals surface area (Å²) in [5.41, 5.74) is 8.51. The van der Waals surface area contributed by atoms with Gasteiger partial charge in [0.15, 0.2) is 0 Å². The molecule has 0 atom stereocenters. The largest absolute Gasteiger partial charge is 0.396 e. The lowest BCUT2D eigenvalue weighted by molar-refractivity contribution is 0.656. The van der Waals surface area contributed by atoms with Crippen molar-refractivity contribution in [3.63, 3.8) is 0 Å². The molecule has 2 aromatic rings. The lowest BCUT2D eigenvalue weighted by Gasteiger charge is -2.00. The van der Waals surface area contributed by atoms with Crippen LogP contribution in [0.1, 0.15) is 16.4 Å². The quantitative estimate of drug-likeness (QED) is 0.815. The Labute approximate surface area is 86.4 Å². The Morgan fingerprint density at radius 2 is 2.29 bits per heavy atom. The van der Waals surface area contributed by atoms with Crippen LogP contribution in [-0.4, -0.2) is 14.8 Å². The van der Waals surface area contributed by atoms with E-state index < -0.39 is 0 Å². The van der Waals surface area contributed by atoms with Crippen LogP contribution in [0.15, 0.2) is 11.6 Å². The van der Waals surface area contributed by atoms with Gasteiger partial charge in [-0.1, -0.05) is 0 Å². The Bertz CT molecular complexity index is 430. The number of thiazole rings is 1. The molecule has 0 aromatic carbocycles. The van der Waals surface area contributed by atoms with Crippen LogP contribution in [-0.2, 0) is 6.54 Å². The molecule has 0 aliphatic rings. The Kier molecular flexibility index (Phi) is 2.25. The second-order valence-corrected chi connectivity index (χ2v) is 4.15. The van der Waals surface area contributed by atoms with Gasteiger partial charge < -0.3 is 5.73 Å². The molecule has 0 bridgehead atoms. The number of aryl methyl sites for hydroxylation is 1. The van der Waals surface area contributed by atoms with E-state index in [1.807, 2.05) is 23.9 Å². The Hall–Kier alpha value is -1.36. The van der Waals surface area contributed by atoms with Gasteiger partial charge in [0.05, 0.1) is 23.6 Å². The third kappa shape index (κ3) is 1.50. The Morgan fingerprint density at radius 3 is 2.79 bits per heavy atom. The van der Waals surface area contributed by atoms with Gasteiger partial charge in [-0.2, -0.15) is 5.10 Å². The van der Waals surface area contributed by atoms with Gasteiger partial charge in [0.1, 0.15) is 5.01 Å². The third-order valence-electron chi connectivity index (χ3n) is 2.21. The molecule has 0 saturated carbocycles. The van der Waals surface area contributed by atoms with E-state index in [-0.39, 0.29) is 0 Å². The predicted octanol–water partition coefficient (Wildman–Crippen LogP) is 1.59. The van der Waals surface area contributed by atoms with Crippen LogP contribution < -0.4 is 5.73 Å². The zero-order chi connectivity index (χ0) is 10.1. The average molecular weight is 208 g/mol. The SMILES string of the molecule is Cc1nn(Cc2nccs2)c(C)c1N. The van der Waals surface area contributed by atoms with E-state index in [0.29, 0.717) is 6.54 Å². The van der Waals surface area contributed by atoms with E-state index in [2.05, 4.69) is 10.1 Å². The van der Waals surface area contributed by atoms with Gasteiger partial charge in [-0.3, -0.25) is 4.68 Å². The number of nitrogens with zero attached hydrogens (tertiary/aromatic N) is 3. The molecule has 14 heavy (non-hydrogen) atoms. The van der Waals surface area contributed by atoms with Gasteiger partial charge >= 0.3 is 0 Å². The summed E-state index contributed by atoms with van der Waals surface area (Å²) in [5, 5.41) is 7.36. The van der Waals surface area contributed by atoms with Crippen molar-refractivity contribution in [1.82, 2.24) is 14.8 Å². The van der Waals surface area contributed by atoms with Crippen LogP contribution in [0.5, 0.6) is 0 Å². The third-order valence-corrected chi connectivity index (χ3v) is 2.97. The van der Waals surface area contributed by atoms with Crippen LogP contribution in [0.4, 0.5) is 5.69 Å². The highest BCUT2D eigenvalue weighted by atomic mass is 32.1. The maximum Gasteiger partial charge on any atom is 0.114 e. The fourth-order valence-electron chi connectivity index (χ4n) is 1.32. The maximum atomic E-state index is 5.83. The molecule has 2 heterocycles. The Morgan fingerprint density at radius 1 is 1.50 bits per heavy atom. The van der Waals surface area contributed by atoms with Crippen LogP contribution in [0.3, 0.4) is 0 Å². The molecule has 0 radical (unpaired) electrons. The lowest BCUT2D eigenvalue weighted by Crippen LogP contribution is -2.03. The molecule has 2 N–H and O–H groups in total. The molecule has 0 fully saturated rings. The molecular weight excluding hydrogens is 196 g/mol. The zero-order valence-electron chi connectivity index (χ0n) is 8.19. The van der Waals surface area contributed by atoms with E-state index in [4.69, 9.17) is 5.73 Å². The summed E-state index contributed by atoms with van der Waals surface area (Å²) in [6.45, 7) is 4.60. The smallest absolute Gasteiger partial charge is 0.114 e. The van der Waals surface area contributed by atoms with E-state index >= 15 is 0 Å². The zero-order valence-corrected chi connectivity index (χ0v) is 9.01. The fraction of sp³-hybridized carbons (Fsp3) is 0.333. The van der Waals surface area contributed by atoms with Crippen molar-refractivity contribution in [3.05, 3.63) is 28.0 Å². The summed E-state index contributed by atoms with van der Waals surface area (Å²) in [6, 6.07) is 0. The highest BCUT2D eigenvalue weighted by Crippen LogP contribution is 2.16. The molecule has 0 aliphatic carbocycles. The van der Waals surface area contributed by atoms with Crippen LogP contribution >= 0.6 is 11.3 Å². The van der Waals surface area contributed by atoms with Crippen molar-refractivity contribution in [2.24, 2.45) is 0 Å². The Balaban J connectivity index is 2.30. The summed E-state index contributed by atoms with van der Waals surface area (Å²) < 4.78 is 1.89. The van der Waals surface area contributed by atoms with Crippen molar-refractivity contribution < 1.29 is 0 Å². The summed E-state index contributed by atoms with van der Waals surface area (Å²) >= 11 is 1.63. The molecule has 0 saturated heterocycles. The minimum absolute atomic E-state index is 0.710. The molecule has 5 heteroatoms. The van der Waals surface area contributed by atoms with Crippen LogP contribution in [0.2, 0.25) is 0 Å². The van der Waals surface area contributed by atoms with Crippen molar-refractivity contribution in [3.8, 4) is 0 Å². The number of nitrogens with two attached hydrogens (primary N) is 1. The monoisotopic (exact) mass is 208 g/mol. The van der Waals surface area contributed by atoms with E-state index in [0.717, 1.165) is 22.1 Å². The van der Waals surface area contributed by atoms with Gasteiger partial charge in [0, 0.05) is 11.6 Å². The molecule has 0 aliphatic heterocycles. The molecule has 74 valence electrons. The van der Waals surface area contributed by atoms with Crippen LogP contribution in [0, 0.1) is 13.8 Å². The van der Waals surface area contributed by atoms with Gasteiger partial charge in [-0.05, 0) is 13.8 Å². The van der Waals surface area contributed by atoms with Crippen molar-refractivity contribution >= 4 is 17.0 Å². The first-order valence-electron chi connectivity index (χ1n) is 4.36. The van der Waals surface area contributed by atoms with Crippen molar-refractivity contribution in [2.45, 2.75) is 20.4 Å². The summed E-state index contributed by atoms with van der Waals surface area (Å²) in [6.07, 6.45) is 1.80. The first-order chi connectivity index (χ1) is 6.68. The molecule has 2 rings (SSSR count). The van der Waals surface area contributed by atoms with Gasteiger partial charge in [0.25, 0.3) is 0 Å². The first kappa shape index (κ1) is 9.21. The molecule has 0 amide bonds. The number of hydrogen-bond donors (Lipinski definition) is 1. The first-order valence-corrected chi connectivity index (χ1v) is 5.24. The summed E-state index contributed by atoms with van der Waals surface area (Å²) in [5.74, 6) is 0. The van der Waals surface area contributed by atoms with Gasteiger partial charge in [-0.15, -0.1) is 11.3 Å². The maximum absolute atomic E-state index is 5.83. The number of aromatic nitrogens is 3. The van der Waals surface area contributed by atoms with Gasteiger partial charge in [-0.25, -0.2) is 4.98 Å². The summed E-state index contributed by atoms with van der Waals surface area (Å²) in [7, 11) is 0. The van der Waals surface area contributed by atoms with E-state index in [9.17, 15) is 0 Å². The average Bonchev–Trinajstić information content (AvgIpc) is 2.73. The lowest BCUT2D eigenvalue weighted by atomic mass is 10.3. The topological polar surface area (TPSA) is 56.7 Å². The highest BCUT2D eigenvalue weighted by molar-refractivity contribution is 7.09. The number of rotatable bonds is 2. The van der Waals surface area contributed by atoms with Crippen molar-refractivity contribution in [2.75, 3.05) is 5.73 Å². The highest BCUT2D eigenvalue weighted by Gasteiger charge is 2.08. The normalized spacial score (nSPS) is 10.7. The fourth-order valence-corrected chi connectivity index (χ4v) is 1.92. The second kappa shape index (κ2) is 3.42. The second-order valence-electron chi connectivity index (χ2n) is 3.17. The van der Waals surface area contributed by atoms with Crippen molar-refractivity contribution in [1.29, 1.82) is 0 Å². The number of hydrogen-bond acceptors (Lipinski definition) is 4. The molecular formula is C9H12N4S. The minimum atomic E-state index is 0.710. The molecule has 0 unspecified atom stereocenters. The molecule has 4 nitrogen and oxygen atoms in total. The molecule has 0 spiro atoms. The van der Waals surface area contributed by atoms with Gasteiger partial charge in [0.2, 0.25) is 0 Å². The summed E-state index contributed by atoms with van der Waals surface area (Å²) in [4.78, 5) is 4.21. The minimum Gasteiger partial charge on any atom is -0.396 e. The van der Waals surface area contributed by atoms with Crippen LogP contribution in [0.25, 0.3) is 0 Å². The number of nitrogen functional groups attached to an aromatic ring is 1. The van der Waals surface area contributed by atoms with E-state index in [1.165, 1.54) is 0 Å². The molecule has 2 aromatic heterocycles. The van der Waals surface area contributed by atoms with E-state index in [1.54, 1.807) is 17.5 Å². The standard InChI is InChI=1S/C9H12N4S/c1-6-9(10)7(2)13(12-6)5-8-11-3-4-14-8/h3-4H,5,10H2,1-2H3. The predicted molar refractivity (Wildman–Crippen MR) is 57.3 cm³/mol.